The van der Waals surface area contributed by atoms with E-state index in [1.807, 2.05) is 89.5 Å². The van der Waals surface area contributed by atoms with Crippen molar-refractivity contribution in [1.29, 1.82) is 0 Å². The largest absolute Gasteiger partial charge is 0.455 e. The molecule has 0 aliphatic carbocycles. The molecule has 2 heterocycles. The molecule has 1 N–H and O–H groups in total. The number of aromatic nitrogens is 3. The summed E-state index contributed by atoms with van der Waals surface area (Å²) < 4.78 is 8.08. The van der Waals surface area contributed by atoms with E-state index in [0.717, 1.165) is 39.6 Å². The van der Waals surface area contributed by atoms with E-state index < -0.39 is 0 Å². The molecule has 5 aromatic rings. The molecule has 0 amide bonds. The normalized spacial score (nSPS) is 11.0. The van der Waals surface area contributed by atoms with Crippen LogP contribution in [0.4, 0.5) is 11.5 Å². The van der Waals surface area contributed by atoms with Crippen molar-refractivity contribution in [3.63, 3.8) is 0 Å². The first kappa shape index (κ1) is 15.4. The van der Waals surface area contributed by atoms with Crippen LogP contribution in [0.2, 0.25) is 0 Å². The van der Waals surface area contributed by atoms with Crippen LogP contribution in [0.5, 0.6) is 11.5 Å². The summed E-state index contributed by atoms with van der Waals surface area (Å²) in [6.45, 7) is 0. The number of hydrogen-bond acceptors (Lipinski definition) is 4. The second kappa shape index (κ2) is 6.46. The number of para-hydroxylation sites is 5. The van der Waals surface area contributed by atoms with Gasteiger partial charge in [0.15, 0.2) is 11.6 Å². The van der Waals surface area contributed by atoms with Crippen molar-refractivity contribution in [3.05, 3.63) is 91.4 Å². The number of benzene rings is 3. The van der Waals surface area contributed by atoms with Crippen molar-refractivity contribution in [2.45, 2.75) is 0 Å². The van der Waals surface area contributed by atoms with Gasteiger partial charge in [-0.2, -0.15) is 0 Å². The van der Waals surface area contributed by atoms with E-state index >= 15 is 0 Å². The second-order valence-electron chi connectivity index (χ2n) is 6.13. The van der Waals surface area contributed by atoms with Gasteiger partial charge >= 0.3 is 0 Å². The molecule has 0 unspecified atom stereocenters. The van der Waals surface area contributed by atoms with E-state index in [9.17, 15) is 0 Å². The lowest BCUT2D eigenvalue weighted by molar-refractivity contribution is 0.485. The van der Waals surface area contributed by atoms with E-state index in [0.29, 0.717) is 0 Å². The SMILES string of the molecule is c1ccc(Oc2ccccc2Nc2nc3ccccc3n3cncc23)cc1. The first-order chi connectivity index (χ1) is 13.4. The molecule has 27 heavy (non-hydrogen) atoms. The lowest BCUT2D eigenvalue weighted by atomic mass is 10.2. The van der Waals surface area contributed by atoms with Crippen molar-refractivity contribution in [2.24, 2.45) is 0 Å². The number of fused-ring (bicyclic) bond motifs is 3. The monoisotopic (exact) mass is 352 g/mol. The minimum atomic E-state index is 0.732. The molecular formula is C22H16N4O. The van der Waals surface area contributed by atoms with Gasteiger partial charge in [-0.1, -0.05) is 42.5 Å². The molecule has 0 saturated carbocycles. The van der Waals surface area contributed by atoms with Gasteiger partial charge in [-0.25, -0.2) is 9.97 Å². The Kier molecular flexibility index (Phi) is 3.68. The molecule has 0 radical (unpaired) electrons. The minimum absolute atomic E-state index is 0.732. The van der Waals surface area contributed by atoms with Crippen LogP contribution in [0, 0.1) is 0 Å². The fourth-order valence-electron chi connectivity index (χ4n) is 3.10. The van der Waals surface area contributed by atoms with Crippen LogP contribution in [0.15, 0.2) is 91.4 Å². The maximum Gasteiger partial charge on any atom is 0.157 e. The fraction of sp³-hybridized carbons (Fsp3) is 0. The van der Waals surface area contributed by atoms with Gasteiger partial charge in [-0.3, -0.25) is 4.40 Å². The number of nitrogens with zero attached hydrogens (tertiary/aromatic N) is 3. The molecule has 5 nitrogen and oxygen atoms in total. The average Bonchev–Trinajstić information content (AvgIpc) is 3.21. The molecule has 0 bridgehead atoms. The lowest BCUT2D eigenvalue weighted by Gasteiger charge is -2.14. The van der Waals surface area contributed by atoms with Crippen molar-refractivity contribution < 1.29 is 4.74 Å². The summed E-state index contributed by atoms with van der Waals surface area (Å²) in [5, 5.41) is 3.42. The van der Waals surface area contributed by atoms with Crippen molar-refractivity contribution in [3.8, 4) is 11.5 Å². The average molecular weight is 352 g/mol. The molecular weight excluding hydrogens is 336 g/mol. The zero-order valence-corrected chi connectivity index (χ0v) is 14.4. The third-order valence-electron chi connectivity index (χ3n) is 4.37. The molecule has 0 spiro atoms. The number of nitrogens with one attached hydrogen (secondary N) is 1. The second-order valence-corrected chi connectivity index (χ2v) is 6.13. The lowest BCUT2D eigenvalue weighted by Crippen LogP contribution is -2.00. The Bertz CT molecular complexity index is 1230. The maximum atomic E-state index is 6.05. The Morgan fingerprint density at radius 1 is 0.778 bits per heavy atom. The predicted molar refractivity (Wildman–Crippen MR) is 107 cm³/mol. The van der Waals surface area contributed by atoms with Crippen LogP contribution in [-0.4, -0.2) is 14.4 Å². The molecule has 3 aromatic carbocycles. The zero-order valence-electron chi connectivity index (χ0n) is 14.4. The summed E-state index contributed by atoms with van der Waals surface area (Å²) in [5.41, 5.74) is 3.66. The van der Waals surface area contributed by atoms with Gasteiger partial charge in [0, 0.05) is 0 Å². The maximum absolute atomic E-state index is 6.05. The van der Waals surface area contributed by atoms with Gasteiger partial charge in [-0.05, 0) is 36.4 Å². The van der Waals surface area contributed by atoms with Crippen molar-refractivity contribution >= 4 is 28.1 Å². The van der Waals surface area contributed by atoms with Gasteiger partial charge < -0.3 is 10.1 Å². The standard InChI is InChI=1S/C22H16N4O/c1-2-8-16(9-3-1)27-21-13-7-5-11-18(21)25-22-20-14-23-15-26(20)19-12-6-4-10-17(19)24-22/h1-15H,(H,24,25). The summed E-state index contributed by atoms with van der Waals surface area (Å²) in [5.74, 6) is 2.25. The molecule has 130 valence electrons. The highest BCUT2D eigenvalue weighted by Gasteiger charge is 2.11. The fourth-order valence-corrected chi connectivity index (χ4v) is 3.10. The Morgan fingerprint density at radius 2 is 1.56 bits per heavy atom. The number of hydrogen-bond donors (Lipinski definition) is 1. The predicted octanol–water partition coefficient (Wildman–Crippen LogP) is 5.42. The summed E-state index contributed by atoms with van der Waals surface area (Å²) in [6, 6.07) is 25.6. The topological polar surface area (TPSA) is 51.5 Å². The molecule has 5 heteroatoms. The quantitative estimate of drug-likeness (QED) is 0.469. The van der Waals surface area contributed by atoms with Crippen LogP contribution in [0.1, 0.15) is 0 Å². The van der Waals surface area contributed by atoms with E-state index in [1.54, 1.807) is 6.33 Å². The molecule has 0 aliphatic heterocycles. The van der Waals surface area contributed by atoms with Gasteiger partial charge in [-0.15, -0.1) is 0 Å². The first-order valence-corrected chi connectivity index (χ1v) is 8.68. The summed E-state index contributed by atoms with van der Waals surface area (Å²) >= 11 is 0. The number of anilines is 2. The zero-order chi connectivity index (χ0) is 18.1. The Morgan fingerprint density at radius 3 is 2.48 bits per heavy atom. The van der Waals surface area contributed by atoms with Gasteiger partial charge in [0.25, 0.3) is 0 Å². The highest BCUT2D eigenvalue weighted by molar-refractivity contribution is 5.86. The summed E-state index contributed by atoms with van der Waals surface area (Å²) in [4.78, 5) is 9.09. The molecule has 0 atom stereocenters. The molecule has 0 fully saturated rings. The van der Waals surface area contributed by atoms with E-state index in [-0.39, 0.29) is 0 Å². The Labute approximate surface area is 155 Å². The Hall–Kier alpha value is -3.86. The van der Waals surface area contributed by atoms with Crippen molar-refractivity contribution in [2.75, 3.05) is 5.32 Å². The van der Waals surface area contributed by atoms with Gasteiger partial charge in [0.1, 0.15) is 11.3 Å². The van der Waals surface area contributed by atoms with E-state index in [2.05, 4.69) is 10.3 Å². The van der Waals surface area contributed by atoms with E-state index in [4.69, 9.17) is 9.72 Å². The summed E-state index contributed by atoms with van der Waals surface area (Å²) in [7, 11) is 0. The van der Waals surface area contributed by atoms with Crippen molar-refractivity contribution in [1.82, 2.24) is 14.4 Å². The van der Waals surface area contributed by atoms with Gasteiger partial charge in [0.2, 0.25) is 0 Å². The molecule has 0 saturated heterocycles. The Balaban J connectivity index is 1.58. The van der Waals surface area contributed by atoms with Crippen LogP contribution in [0.3, 0.4) is 0 Å². The third kappa shape index (κ3) is 2.85. The highest BCUT2D eigenvalue weighted by Crippen LogP contribution is 2.32. The summed E-state index contributed by atoms with van der Waals surface area (Å²) in [6.07, 6.45) is 3.61. The van der Waals surface area contributed by atoms with E-state index in [1.165, 1.54) is 0 Å². The van der Waals surface area contributed by atoms with Crippen LogP contribution < -0.4 is 10.1 Å². The number of imidazole rings is 1. The van der Waals surface area contributed by atoms with Crippen LogP contribution in [-0.2, 0) is 0 Å². The highest BCUT2D eigenvalue weighted by atomic mass is 16.5. The number of rotatable bonds is 4. The number of ether oxygens (including phenoxy) is 1. The third-order valence-corrected chi connectivity index (χ3v) is 4.37. The smallest absolute Gasteiger partial charge is 0.157 e. The van der Waals surface area contributed by atoms with Gasteiger partial charge in [0.05, 0.1) is 29.2 Å². The van der Waals surface area contributed by atoms with Crippen LogP contribution >= 0.6 is 0 Å². The minimum Gasteiger partial charge on any atom is -0.455 e. The molecule has 5 rings (SSSR count). The van der Waals surface area contributed by atoms with Crippen LogP contribution in [0.25, 0.3) is 16.6 Å². The molecule has 2 aromatic heterocycles. The molecule has 0 aliphatic rings. The first-order valence-electron chi connectivity index (χ1n) is 8.68.